The minimum atomic E-state index is -0.473. The molecule has 0 saturated carbocycles. The summed E-state index contributed by atoms with van der Waals surface area (Å²) < 4.78 is 29.5. The predicted molar refractivity (Wildman–Crippen MR) is 66.7 cm³/mol. The van der Waals surface area contributed by atoms with Gasteiger partial charge < -0.3 is 15.0 Å². The van der Waals surface area contributed by atoms with E-state index >= 15 is 0 Å². The van der Waals surface area contributed by atoms with Crippen LogP contribution < -0.4 is 4.57 Å². The number of aryl methyl sites for hydroxylation is 2. The monoisotopic (exact) mass is 455 g/mol. The van der Waals surface area contributed by atoms with Gasteiger partial charge in [0.1, 0.15) is 0 Å². The third kappa shape index (κ3) is 4.62. The molecule has 0 aliphatic rings. The molecule has 0 aliphatic heterocycles. The fourth-order valence-electron chi connectivity index (χ4n) is 1.98. The summed E-state index contributed by atoms with van der Waals surface area (Å²) in [5.74, 6) is -1.28. The van der Waals surface area contributed by atoms with Gasteiger partial charge in [0.05, 0.1) is 12.0 Å². The first-order chi connectivity index (χ1) is 9.43. The van der Waals surface area contributed by atoms with E-state index in [1.54, 1.807) is 27.7 Å². The fraction of sp³-hybridized carbons (Fsp3) is 0.429. The Bertz CT molecular complexity index is 585. The first-order valence-electron chi connectivity index (χ1n) is 6.27. The van der Waals surface area contributed by atoms with E-state index < -0.39 is 11.8 Å². The molecule has 2 rings (SSSR count). The molecule has 0 amide bonds. The molecule has 22 heavy (non-hydrogen) atoms. The van der Waals surface area contributed by atoms with Gasteiger partial charge in [0.2, 0.25) is 0 Å². The van der Waals surface area contributed by atoms with Crippen molar-refractivity contribution in [1.29, 1.82) is 0 Å². The van der Waals surface area contributed by atoms with Crippen molar-refractivity contribution in [1.82, 2.24) is 15.0 Å². The second-order valence-electron chi connectivity index (χ2n) is 4.79. The van der Waals surface area contributed by atoms with Crippen LogP contribution in [-0.4, -0.2) is 15.0 Å². The average molecular weight is 455 g/mol. The molecule has 2 heterocycles. The summed E-state index contributed by atoms with van der Waals surface area (Å²) in [7, 11) is 0. The molecule has 0 aromatic carbocycles. The first-order valence-corrected chi connectivity index (χ1v) is 6.27. The Hall–Kier alpha value is 0.228. The number of nitrogens with zero attached hydrogens (tertiary/aromatic N) is 4. The van der Waals surface area contributed by atoms with Gasteiger partial charge in [-0.2, -0.15) is 4.39 Å². The molecule has 112 valence electrons. The van der Waals surface area contributed by atoms with Crippen molar-refractivity contribution in [3.63, 3.8) is 0 Å². The van der Waals surface area contributed by atoms with Crippen LogP contribution in [0.3, 0.4) is 0 Å². The molecule has 2 radical (unpaired) electrons. The number of hydrogen-bond acceptors (Lipinski definition) is 3. The van der Waals surface area contributed by atoms with Crippen LogP contribution >= 0.6 is 0 Å². The topological polar surface area (TPSA) is 42.5 Å². The average Bonchev–Trinajstić information content (AvgIpc) is 2.43. The normalized spacial score (nSPS) is 12.8. The van der Waals surface area contributed by atoms with Gasteiger partial charge in [-0.1, -0.05) is 27.0 Å². The van der Waals surface area contributed by atoms with E-state index in [4.69, 9.17) is 0 Å². The number of rotatable bonds is 3. The largest absolute Gasteiger partial charge is 0.442 e. The Balaban J connectivity index is 0.00000220. The van der Waals surface area contributed by atoms with Crippen molar-refractivity contribution in [3.8, 4) is 0 Å². The number of aromatic nitrogens is 4. The van der Waals surface area contributed by atoms with Crippen LogP contribution in [0.4, 0.5) is 8.78 Å². The molecule has 0 saturated heterocycles. The third-order valence-electron chi connectivity index (χ3n) is 3.48. The zero-order valence-electron chi connectivity index (χ0n) is 12.9. The Labute approximate surface area is 179 Å². The molecule has 0 fully saturated rings. The quantitative estimate of drug-likeness (QED) is 0.526. The van der Waals surface area contributed by atoms with Gasteiger partial charge in [-0.25, -0.2) is 8.96 Å². The zero-order chi connectivity index (χ0) is 14.9. The van der Waals surface area contributed by atoms with E-state index in [1.165, 1.54) is 10.8 Å². The molecule has 8 heteroatoms. The van der Waals surface area contributed by atoms with Crippen LogP contribution in [0.2, 0.25) is 0 Å². The van der Waals surface area contributed by atoms with Crippen molar-refractivity contribution in [2.45, 2.75) is 39.7 Å². The van der Waals surface area contributed by atoms with E-state index in [0.717, 1.165) is 0 Å². The van der Waals surface area contributed by atoms with Gasteiger partial charge in [0.15, 0.2) is 6.04 Å². The zero-order valence-corrected chi connectivity index (χ0v) is 18.6. The van der Waals surface area contributed by atoms with Gasteiger partial charge in [0, 0.05) is 77.7 Å². The Morgan fingerprint density at radius 2 is 1.68 bits per heavy atom. The molecule has 0 spiro atoms. The summed E-state index contributed by atoms with van der Waals surface area (Å²) in [5.41, 5.74) is 0.709. The van der Waals surface area contributed by atoms with Crippen LogP contribution in [0.15, 0.2) is 6.20 Å². The van der Waals surface area contributed by atoms with Crippen molar-refractivity contribution >= 4 is 0 Å². The molecule has 2 unspecified atom stereocenters. The summed E-state index contributed by atoms with van der Waals surface area (Å²) in [4.78, 5) is 11.3. The summed E-state index contributed by atoms with van der Waals surface area (Å²) in [6.45, 7) is 6.68. The van der Waals surface area contributed by atoms with Crippen LogP contribution in [-0.2, 0) is 65.4 Å². The maximum Gasteiger partial charge on any atom is 0.296 e. The Morgan fingerprint density at radius 1 is 1.05 bits per heavy atom. The van der Waals surface area contributed by atoms with Gasteiger partial charge in [-0.15, -0.1) is 0 Å². The minimum absolute atomic E-state index is 0. The minimum Gasteiger partial charge on any atom is -0.442 e. The Kier molecular flexibility index (Phi) is 9.60. The maximum absolute atomic E-state index is 14.1. The molecule has 0 N–H and O–H groups in total. The second kappa shape index (κ2) is 9.51. The third-order valence-corrected chi connectivity index (χ3v) is 3.48. The van der Waals surface area contributed by atoms with E-state index in [1.807, 2.05) is 0 Å². The fourth-order valence-corrected chi connectivity index (χ4v) is 1.98. The van der Waals surface area contributed by atoms with Crippen molar-refractivity contribution in [2.24, 2.45) is 0 Å². The maximum atomic E-state index is 14.1. The first kappa shape index (κ1) is 22.2. The summed E-state index contributed by atoms with van der Waals surface area (Å²) in [5, 5.41) is 0. The summed E-state index contributed by atoms with van der Waals surface area (Å²) >= 11 is 0. The van der Waals surface area contributed by atoms with Crippen molar-refractivity contribution < 1.29 is 78.8 Å². The molecule has 0 bridgehead atoms. The summed E-state index contributed by atoms with van der Waals surface area (Å²) in [6, 6.07) is -0.342. The van der Waals surface area contributed by atoms with E-state index in [9.17, 15) is 8.78 Å². The molecular formula is C14H15F2N4Y2-. The van der Waals surface area contributed by atoms with Crippen molar-refractivity contribution in [3.05, 3.63) is 47.6 Å². The Morgan fingerprint density at radius 3 is 2.32 bits per heavy atom. The van der Waals surface area contributed by atoms with Crippen LogP contribution in [0.25, 0.3) is 0 Å². The molecule has 2 aromatic rings. The smallest absolute Gasteiger partial charge is 0.296 e. The van der Waals surface area contributed by atoms with Gasteiger partial charge in [-0.3, -0.25) is 0 Å². The SMILES string of the molecule is Cc1n[c-]nc(C(C)C(C)[n+]2c[c-]nc(C)c2F)c1F.[Y].[Y]. The molecule has 0 aliphatic carbocycles. The van der Waals surface area contributed by atoms with Crippen LogP contribution in [0, 0.1) is 38.1 Å². The van der Waals surface area contributed by atoms with E-state index in [-0.39, 0.29) is 94.5 Å². The van der Waals surface area contributed by atoms with Crippen LogP contribution in [0.5, 0.6) is 0 Å². The molecular weight excluding hydrogens is 440 g/mol. The molecule has 2 aromatic heterocycles. The van der Waals surface area contributed by atoms with Gasteiger partial charge in [-0.05, 0) is 24.0 Å². The number of hydrogen-bond donors (Lipinski definition) is 0. The van der Waals surface area contributed by atoms with Crippen molar-refractivity contribution in [2.75, 3.05) is 0 Å². The van der Waals surface area contributed by atoms with E-state index in [2.05, 4.69) is 27.5 Å². The van der Waals surface area contributed by atoms with Gasteiger partial charge >= 0.3 is 0 Å². The van der Waals surface area contributed by atoms with Gasteiger partial charge in [0.25, 0.3) is 5.95 Å². The molecule has 4 nitrogen and oxygen atoms in total. The van der Waals surface area contributed by atoms with Crippen LogP contribution in [0.1, 0.15) is 42.9 Å². The predicted octanol–water partition coefficient (Wildman–Crippen LogP) is 2.01. The molecule has 2 atom stereocenters. The summed E-state index contributed by atoms with van der Waals surface area (Å²) in [6.07, 6.45) is 6.46. The second-order valence-corrected chi connectivity index (χ2v) is 4.79. The van der Waals surface area contributed by atoms with E-state index in [0.29, 0.717) is 0 Å². The number of halogens is 2. The standard InChI is InChI=1S/C14H15F2N4.2Y/c1-8(13-12(15)9(2)18-7-19-13)11(4)20-6-5-17-10(3)14(20)16;;/h6,8,11H,1-4H3;;/q-1;;.